The number of benzene rings is 1. The third-order valence-corrected chi connectivity index (χ3v) is 5.74. The Morgan fingerprint density at radius 2 is 1.86 bits per heavy atom. The highest BCUT2D eigenvalue weighted by Gasteiger charge is 2.31. The summed E-state index contributed by atoms with van der Waals surface area (Å²) in [6.07, 6.45) is 1.76. The van der Waals surface area contributed by atoms with Crippen molar-refractivity contribution in [3.05, 3.63) is 18.2 Å². The topological polar surface area (TPSA) is 65.1 Å². The van der Waals surface area contributed by atoms with E-state index in [4.69, 9.17) is 14.2 Å². The van der Waals surface area contributed by atoms with E-state index in [-0.39, 0.29) is 23.9 Å². The minimum Gasteiger partial charge on any atom is -0.454 e. The summed E-state index contributed by atoms with van der Waals surface area (Å²) < 4.78 is 43.2. The van der Waals surface area contributed by atoms with E-state index in [0.717, 1.165) is 12.8 Å². The number of sulfonamides is 1. The molecule has 0 aliphatic carbocycles. The Morgan fingerprint density at radius 1 is 1.18 bits per heavy atom. The van der Waals surface area contributed by atoms with Gasteiger partial charge >= 0.3 is 0 Å². The molecular formula is C15H21NO5S. The third-order valence-electron chi connectivity index (χ3n) is 3.85. The van der Waals surface area contributed by atoms with Gasteiger partial charge in [0.25, 0.3) is 0 Å². The van der Waals surface area contributed by atoms with Crippen molar-refractivity contribution in [1.82, 2.24) is 4.31 Å². The van der Waals surface area contributed by atoms with Crippen LogP contribution in [0, 0.1) is 0 Å². The first kappa shape index (κ1) is 15.6. The lowest BCUT2D eigenvalue weighted by atomic mass is 10.1. The monoisotopic (exact) mass is 327 g/mol. The molecule has 7 heteroatoms. The lowest BCUT2D eigenvalue weighted by molar-refractivity contribution is -0.0168. The van der Waals surface area contributed by atoms with Crippen molar-refractivity contribution >= 4 is 10.0 Å². The number of hydrogen-bond donors (Lipinski definition) is 0. The molecule has 0 radical (unpaired) electrons. The molecule has 0 N–H and O–H groups in total. The summed E-state index contributed by atoms with van der Waals surface area (Å²) in [5.41, 5.74) is 0. The standard InChI is InChI=1S/C15H21NO5S/c1-11(2)21-12-5-7-16(8-6-12)22(17,18)13-3-4-14-15(9-13)20-10-19-14/h3-4,9,11-12H,5-8,10H2,1-2H3. The van der Waals surface area contributed by atoms with Gasteiger partial charge < -0.3 is 14.2 Å². The van der Waals surface area contributed by atoms with Crippen LogP contribution < -0.4 is 9.47 Å². The van der Waals surface area contributed by atoms with Gasteiger partial charge in [-0.25, -0.2) is 8.42 Å². The Labute approximate surface area is 131 Å². The number of nitrogens with zero attached hydrogens (tertiary/aromatic N) is 1. The average Bonchev–Trinajstić information content (AvgIpc) is 2.94. The first-order valence-electron chi connectivity index (χ1n) is 7.52. The molecule has 3 rings (SSSR count). The average molecular weight is 327 g/mol. The number of hydrogen-bond acceptors (Lipinski definition) is 5. The molecule has 2 aliphatic heterocycles. The van der Waals surface area contributed by atoms with Crippen LogP contribution in [0.15, 0.2) is 23.1 Å². The molecule has 6 nitrogen and oxygen atoms in total. The minimum absolute atomic E-state index is 0.136. The molecule has 0 unspecified atom stereocenters. The van der Waals surface area contributed by atoms with Crippen LogP contribution in [0.2, 0.25) is 0 Å². The van der Waals surface area contributed by atoms with E-state index in [0.29, 0.717) is 24.6 Å². The molecule has 22 heavy (non-hydrogen) atoms. The van der Waals surface area contributed by atoms with Crippen LogP contribution in [-0.2, 0) is 14.8 Å². The Kier molecular flexibility index (Phi) is 4.29. The smallest absolute Gasteiger partial charge is 0.243 e. The van der Waals surface area contributed by atoms with Crippen molar-refractivity contribution < 1.29 is 22.6 Å². The highest BCUT2D eigenvalue weighted by Crippen LogP contribution is 2.35. The van der Waals surface area contributed by atoms with Gasteiger partial charge in [0.05, 0.1) is 17.1 Å². The fourth-order valence-electron chi connectivity index (χ4n) is 2.78. The number of piperidine rings is 1. The quantitative estimate of drug-likeness (QED) is 0.846. The zero-order valence-electron chi connectivity index (χ0n) is 12.8. The minimum atomic E-state index is -3.49. The van der Waals surface area contributed by atoms with E-state index in [1.54, 1.807) is 12.1 Å². The Hall–Kier alpha value is -1.31. The van der Waals surface area contributed by atoms with E-state index in [2.05, 4.69) is 0 Å². The maximum Gasteiger partial charge on any atom is 0.243 e. The molecule has 1 aromatic carbocycles. The second kappa shape index (κ2) is 6.06. The number of ether oxygens (including phenoxy) is 3. The Bertz CT molecular complexity index is 635. The van der Waals surface area contributed by atoms with Crippen LogP contribution in [0.5, 0.6) is 11.5 Å². The van der Waals surface area contributed by atoms with Gasteiger partial charge in [-0.2, -0.15) is 4.31 Å². The highest BCUT2D eigenvalue weighted by molar-refractivity contribution is 7.89. The van der Waals surface area contributed by atoms with Gasteiger partial charge in [0, 0.05) is 19.2 Å². The summed E-state index contributed by atoms with van der Waals surface area (Å²) >= 11 is 0. The Morgan fingerprint density at radius 3 is 2.55 bits per heavy atom. The van der Waals surface area contributed by atoms with Crippen molar-refractivity contribution in [2.75, 3.05) is 19.9 Å². The van der Waals surface area contributed by atoms with Crippen LogP contribution in [-0.4, -0.2) is 44.8 Å². The SMILES string of the molecule is CC(C)OC1CCN(S(=O)(=O)c2ccc3c(c2)OCO3)CC1. The molecule has 0 spiro atoms. The zero-order chi connectivity index (χ0) is 15.7. The van der Waals surface area contributed by atoms with Gasteiger partial charge in [0.15, 0.2) is 11.5 Å². The lowest BCUT2D eigenvalue weighted by Gasteiger charge is -2.32. The van der Waals surface area contributed by atoms with Gasteiger partial charge in [0.1, 0.15) is 0 Å². The molecule has 0 bridgehead atoms. The van der Waals surface area contributed by atoms with E-state index in [1.807, 2.05) is 13.8 Å². The van der Waals surface area contributed by atoms with Crippen LogP contribution in [0.1, 0.15) is 26.7 Å². The molecule has 1 fully saturated rings. The van der Waals surface area contributed by atoms with E-state index in [1.165, 1.54) is 10.4 Å². The van der Waals surface area contributed by atoms with Crippen LogP contribution in [0.4, 0.5) is 0 Å². The lowest BCUT2D eigenvalue weighted by Crippen LogP contribution is -2.41. The molecule has 122 valence electrons. The largest absolute Gasteiger partial charge is 0.454 e. The number of rotatable bonds is 4. The van der Waals surface area contributed by atoms with Crippen molar-refractivity contribution in [2.45, 2.75) is 43.8 Å². The number of fused-ring (bicyclic) bond motifs is 1. The maximum atomic E-state index is 12.7. The zero-order valence-corrected chi connectivity index (χ0v) is 13.6. The van der Waals surface area contributed by atoms with Crippen LogP contribution in [0.3, 0.4) is 0 Å². The second-order valence-electron chi connectivity index (χ2n) is 5.80. The van der Waals surface area contributed by atoms with Crippen molar-refractivity contribution in [2.24, 2.45) is 0 Å². The third kappa shape index (κ3) is 3.06. The molecular weight excluding hydrogens is 306 g/mol. The summed E-state index contributed by atoms with van der Waals surface area (Å²) in [5, 5.41) is 0. The summed E-state index contributed by atoms with van der Waals surface area (Å²) in [7, 11) is -3.49. The molecule has 1 saturated heterocycles. The molecule has 0 amide bonds. The van der Waals surface area contributed by atoms with Crippen molar-refractivity contribution in [3.63, 3.8) is 0 Å². The summed E-state index contributed by atoms with van der Waals surface area (Å²) in [6.45, 7) is 5.09. The molecule has 2 aliphatic rings. The van der Waals surface area contributed by atoms with Gasteiger partial charge in [-0.1, -0.05) is 0 Å². The van der Waals surface area contributed by atoms with Crippen LogP contribution >= 0.6 is 0 Å². The first-order valence-corrected chi connectivity index (χ1v) is 8.96. The summed E-state index contributed by atoms with van der Waals surface area (Å²) in [6, 6.07) is 4.75. The fraction of sp³-hybridized carbons (Fsp3) is 0.600. The van der Waals surface area contributed by atoms with E-state index < -0.39 is 10.0 Å². The van der Waals surface area contributed by atoms with Gasteiger partial charge in [-0.3, -0.25) is 0 Å². The fourth-order valence-corrected chi connectivity index (χ4v) is 4.27. The van der Waals surface area contributed by atoms with E-state index >= 15 is 0 Å². The van der Waals surface area contributed by atoms with E-state index in [9.17, 15) is 8.42 Å². The van der Waals surface area contributed by atoms with Gasteiger partial charge in [-0.15, -0.1) is 0 Å². The predicted molar refractivity (Wildman–Crippen MR) is 80.6 cm³/mol. The van der Waals surface area contributed by atoms with Crippen molar-refractivity contribution in [3.8, 4) is 11.5 Å². The molecule has 2 heterocycles. The van der Waals surface area contributed by atoms with Gasteiger partial charge in [0.2, 0.25) is 16.8 Å². The molecule has 0 atom stereocenters. The van der Waals surface area contributed by atoms with Crippen molar-refractivity contribution in [1.29, 1.82) is 0 Å². The highest BCUT2D eigenvalue weighted by atomic mass is 32.2. The van der Waals surface area contributed by atoms with Crippen LogP contribution in [0.25, 0.3) is 0 Å². The predicted octanol–water partition coefficient (Wildman–Crippen LogP) is 1.99. The molecule has 0 saturated carbocycles. The molecule has 0 aromatic heterocycles. The van der Waals surface area contributed by atoms with Gasteiger partial charge in [-0.05, 0) is 38.8 Å². The summed E-state index contributed by atoms with van der Waals surface area (Å²) in [5.74, 6) is 1.07. The maximum absolute atomic E-state index is 12.7. The first-order chi connectivity index (χ1) is 10.5. The Balaban J connectivity index is 1.71. The summed E-state index contributed by atoms with van der Waals surface area (Å²) in [4.78, 5) is 0.250. The second-order valence-corrected chi connectivity index (χ2v) is 7.74. The molecule has 1 aromatic rings. The normalized spacial score (nSPS) is 19.8.